The minimum Gasteiger partial charge on any atom is -0.489 e. The maximum absolute atomic E-state index is 9.19. The van der Waals surface area contributed by atoms with E-state index in [1.54, 1.807) is 12.1 Å². The summed E-state index contributed by atoms with van der Waals surface area (Å²) in [5.41, 5.74) is 0. The Hall–Kier alpha value is 0.330. The van der Waals surface area contributed by atoms with Crippen molar-refractivity contribution >= 4 is 50.7 Å². The lowest BCUT2D eigenvalue weighted by Crippen LogP contribution is -2.18. The largest absolute Gasteiger partial charge is 0.489 e. The van der Waals surface area contributed by atoms with E-state index in [9.17, 15) is 5.11 Å². The van der Waals surface area contributed by atoms with Crippen molar-refractivity contribution in [1.29, 1.82) is 0 Å². The van der Waals surface area contributed by atoms with Crippen LogP contribution in [0, 0.1) is 0 Å². The van der Waals surface area contributed by atoms with Gasteiger partial charge in [-0.1, -0.05) is 23.2 Å². The van der Waals surface area contributed by atoms with Crippen LogP contribution in [0.15, 0.2) is 16.6 Å². The molecule has 0 heterocycles. The first-order valence-corrected chi connectivity index (χ1v) is 6.14. The summed E-state index contributed by atoms with van der Waals surface area (Å²) in [4.78, 5) is 0. The normalized spacial score (nSPS) is 12.6. The molecule has 0 aromatic heterocycles. The molecular weight excluding hydrogens is 326 g/mol. The van der Waals surface area contributed by atoms with E-state index in [1.165, 1.54) is 0 Å². The number of aliphatic hydroxyl groups is 1. The zero-order valence-electron chi connectivity index (χ0n) is 7.51. The highest BCUT2D eigenvalue weighted by molar-refractivity contribution is 9.10. The highest BCUT2D eigenvalue weighted by Crippen LogP contribution is 2.34. The predicted molar refractivity (Wildman–Crippen MR) is 66.4 cm³/mol. The van der Waals surface area contributed by atoms with Crippen molar-refractivity contribution in [3.8, 4) is 5.75 Å². The van der Waals surface area contributed by atoms with Gasteiger partial charge in [0.2, 0.25) is 0 Å². The Balaban J connectivity index is 2.73. The number of rotatable bonds is 4. The number of halogens is 4. The highest BCUT2D eigenvalue weighted by atomic mass is 79.9. The Kier molecular flexibility index (Phi) is 5.50. The molecular formula is C9H8BrCl3O2. The van der Waals surface area contributed by atoms with Crippen molar-refractivity contribution < 1.29 is 9.84 Å². The van der Waals surface area contributed by atoms with E-state index in [-0.39, 0.29) is 12.5 Å². The fourth-order valence-corrected chi connectivity index (χ4v) is 1.78. The first-order valence-electron chi connectivity index (χ1n) is 4.06. The van der Waals surface area contributed by atoms with Gasteiger partial charge in [0.05, 0.1) is 15.9 Å². The SMILES string of the molecule is OC(CCl)COc1cc(Cl)c(Br)cc1Cl. The van der Waals surface area contributed by atoms with E-state index in [0.717, 1.165) is 0 Å². The molecule has 1 aromatic carbocycles. The smallest absolute Gasteiger partial charge is 0.139 e. The van der Waals surface area contributed by atoms with E-state index in [0.29, 0.717) is 20.3 Å². The van der Waals surface area contributed by atoms with Gasteiger partial charge < -0.3 is 9.84 Å². The van der Waals surface area contributed by atoms with E-state index >= 15 is 0 Å². The molecule has 1 N–H and O–H groups in total. The fourth-order valence-electron chi connectivity index (χ4n) is 0.845. The molecule has 0 aliphatic rings. The summed E-state index contributed by atoms with van der Waals surface area (Å²) in [6.07, 6.45) is -0.717. The second-order valence-electron chi connectivity index (χ2n) is 2.82. The zero-order valence-corrected chi connectivity index (χ0v) is 11.4. The van der Waals surface area contributed by atoms with Crippen LogP contribution < -0.4 is 4.74 Å². The van der Waals surface area contributed by atoms with Crippen molar-refractivity contribution in [2.24, 2.45) is 0 Å². The number of aliphatic hydroxyl groups excluding tert-OH is 1. The molecule has 6 heteroatoms. The number of hydrogen-bond donors (Lipinski definition) is 1. The van der Waals surface area contributed by atoms with Crippen LogP contribution >= 0.6 is 50.7 Å². The number of ether oxygens (including phenoxy) is 1. The highest BCUT2D eigenvalue weighted by Gasteiger charge is 2.09. The van der Waals surface area contributed by atoms with Gasteiger partial charge in [-0.25, -0.2) is 0 Å². The molecule has 0 saturated heterocycles. The lowest BCUT2D eigenvalue weighted by Gasteiger charge is -2.11. The van der Waals surface area contributed by atoms with Gasteiger partial charge in [0.1, 0.15) is 18.5 Å². The average Bonchev–Trinajstić information content (AvgIpc) is 2.21. The molecule has 1 atom stereocenters. The van der Waals surface area contributed by atoms with Crippen LogP contribution in [0.25, 0.3) is 0 Å². The van der Waals surface area contributed by atoms with Crippen LogP contribution in [0.4, 0.5) is 0 Å². The first-order chi connectivity index (χ1) is 7.04. The van der Waals surface area contributed by atoms with Crippen molar-refractivity contribution in [3.63, 3.8) is 0 Å². The third-order valence-corrected chi connectivity index (χ3v) is 3.43. The summed E-state index contributed by atoms with van der Waals surface area (Å²) >= 11 is 20.4. The minimum absolute atomic E-state index is 0.0845. The van der Waals surface area contributed by atoms with E-state index in [1.807, 2.05) is 0 Å². The van der Waals surface area contributed by atoms with E-state index in [2.05, 4.69) is 15.9 Å². The molecule has 0 amide bonds. The van der Waals surface area contributed by atoms with Crippen LogP contribution in [0.5, 0.6) is 5.75 Å². The molecule has 0 saturated carbocycles. The molecule has 0 radical (unpaired) electrons. The third-order valence-electron chi connectivity index (χ3n) is 1.58. The Morgan fingerprint density at radius 3 is 2.60 bits per heavy atom. The maximum atomic E-state index is 9.19. The molecule has 1 rings (SSSR count). The van der Waals surface area contributed by atoms with Gasteiger partial charge in [0, 0.05) is 10.5 Å². The maximum Gasteiger partial charge on any atom is 0.139 e. The number of hydrogen-bond acceptors (Lipinski definition) is 2. The average molecular weight is 334 g/mol. The summed E-state index contributed by atoms with van der Waals surface area (Å²) in [6.45, 7) is 0.0845. The molecule has 0 aliphatic heterocycles. The summed E-state index contributed by atoms with van der Waals surface area (Å²) in [5.74, 6) is 0.538. The summed E-state index contributed by atoms with van der Waals surface area (Å²) in [7, 11) is 0. The minimum atomic E-state index is -0.717. The van der Waals surface area contributed by atoms with Crippen molar-refractivity contribution in [2.75, 3.05) is 12.5 Å². The summed E-state index contributed by atoms with van der Waals surface area (Å²) < 4.78 is 5.95. The zero-order chi connectivity index (χ0) is 11.4. The quantitative estimate of drug-likeness (QED) is 0.671. The molecule has 0 fully saturated rings. The number of alkyl halides is 1. The van der Waals surface area contributed by atoms with E-state index in [4.69, 9.17) is 39.5 Å². The lowest BCUT2D eigenvalue weighted by molar-refractivity contribution is 0.125. The third kappa shape index (κ3) is 4.00. The van der Waals surface area contributed by atoms with Crippen molar-refractivity contribution in [3.05, 3.63) is 26.7 Å². The molecule has 84 valence electrons. The standard InChI is InChI=1S/C9H8BrCl3O2/c10-6-1-8(13)9(2-7(6)12)15-4-5(14)3-11/h1-2,5,14H,3-4H2. The predicted octanol–water partition coefficient (Wildman–Crippen LogP) is 3.73. The van der Waals surface area contributed by atoms with Gasteiger partial charge >= 0.3 is 0 Å². The lowest BCUT2D eigenvalue weighted by atomic mass is 10.3. The Bertz CT molecular complexity index is 346. The topological polar surface area (TPSA) is 29.5 Å². The fraction of sp³-hybridized carbons (Fsp3) is 0.333. The Morgan fingerprint density at radius 2 is 2.00 bits per heavy atom. The Morgan fingerprint density at radius 1 is 1.33 bits per heavy atom. The van der Waals surface area contributed by atoms with Gasteiger partial charge in [0.15, 0.2) is 0 Å². The Labute approximate surface area is 111 Å². The second kappa shape index (κ2) is 6.16. The van der Waals surface area contributed by atoms with Crippen LogP contribution in [0.2, 0.25) is 10.0 Å². The van der Waals surface area contributed by atoms with Gasteiger partial charge in [0.25, 0.3) is 0 Å². The number of benzene rings is 1. The molecule has 1 unspecified atom stereocenters. The van der Waals surface area contributed by atoms with Gasteiger partial charge in [-0.15, -0.1) is 11.6 Å². The van der Waals surface area contributed by atoms with Crippen molar-refractivity contribution in [1.82, 2.24) is 0 Å². The molecule has 2 nitrogen and oxygen atoms in total. The summed E-state index contributed by atoms with van der Waals surface area (Å²) in [6, 6.07) is 3.21. The monoisotopic (exact) mass is 332 g/mol. The second-order valence-corrected chi connectivity index (χ2v) is 4.79. The summed E-state index contributed by atoms with van der Waals surface area (Å²) in [5, 5.41) is 10.1. The van der Waals surface area contributed by atoms with Crippen molar-refractivity contribution in [2.45, 2.75) is 6.10 Å². The van der Waals surface area contributed by atoms with Gasteiger partial charge in [-0.2, -0.15) is 0 Å². The van der Waals surface area contributed by atoms with E-state index < -0.39 is 6.10 Å². The molecule has 0 aliphatic carbocycles. The van der Waals surface area contributed by atoms with Crippen LogP contribution in [0.3, 0.4) is 0 Å². The first kappa shape index (κ1) is 13.4. The molecule has 15 heavy (non-hydrogen) atoms. The van der Waals surface area contributed by atoms with Crippen LogP contribution in [-0.4, -0.2) is 23.7 Å². The molecule has 0 spiro atoms. The van der Waals surface area contributed by atoms with Gasteiger partial charge in [-0.05, 0) is 22.0 Å². The molecule has 0 bridgehead atoms. The van der Waals surface area contributed by atoms with Crippen LogP contribution in [0.1, 0.15) is 0 Å². The molecule has 1 aromatic rings. The van der Waals surface area contributed by atoms with Gasteiger partial charge in [-0.3, -0.25) is 0 Å². The van der Waals surface area contributed by atoms with Crippen LogP contribution in [-0.2, 0) is 0 Å².